The molecule has 5 rings (SSSR count). The van der Waals surface area contributed by atoms with Gasteiger partial charge in [-0.3, -0.25) is 4.79 Å². The summed E-state index contributed by atoms with van der Waals surface area (Å²) >= 11 is 1.62. The van der Waals surface area contributed by atoms with Crippen molar-refractivity contribution >= 4 is 17.2 Å². The Morgan fingerprint density at radius 1 is 1.32 bits per heavy atom. The summed E-state index contributed by atoms with van der Waals surface area (Å²) in [7, 11) is 0. The molecule has 4 bridgehead atoms. The SMILES string of the molecule is Cc1nc(CC(=O)NC(C)C23CC4CC(CC(C4)C2)C3)cs1. The Labute approximate surface area is 136 Å². The molecule has 1 heterocycles. The van der Waals surface area contributed by atoms with Crippen molar-refractivity contribution in [3.05, 3.63) is 16.1 Å². The van der Waals surface area contributed by atoms with E-state index in [2.05, 4.69) is 17.2 Å². The molecule has 0 aliphatic heterocycles. The molecule has 4 saturated carbocycles. The lowest BCUT2D eigenvalue weighted by atomic mass is 9.48. The summed E-state index contributed by atoms with van der Waals surface area (Å²) in [5, 5.41) is 6.36. The zero-order valence-electron chi connectivity index (χ0n) is 13.6. The van der Waals surface area contributed by atoms with Crippen molar-refractivity contribution in [3.8, 4) is 0 Å². The fourth-order valence-corrected chi connectivity index (χ4v) is 6.42. The van der Waals surface area contributed by atoms with Crippen molar-refractivity contribution in [1.82, 2.24) is 10.3 Å². The molecule has 22 heavy (non-hydrogen) atoms. The van der Waals surface area contributed by atoms with Gasteiger partial charge in [0.15, 0.2) is 0 Å². The molecule has 1 aromatic rings. The highest BCUT2D eigenvalue weighted by atomic mass is 32.1. The van der Waals surface area contributed by atoms with E-state index in [1.54, 1.807) is 11.3 Å². The summed E-state index contributed by atoms with van der Waals surface area (Å²) in [5.41, 5.74) is 1.31. The third-order valence-corrected chi connectivity index (χ3v) is 7.21. The van der Waals surface area contributed by atoms with Crippen LogP contribution < -0.4 is 5.32 Å². The average molecular weight is 318 g/mol. The van der Waals surface area contributed by atoms with E-state index in [0.717, 1.165) is 28.5 Å². The second-order valence-corrected chi connectivity index (χ2v) is 9.17. The minimum atomic E-state index is 0.147. The maximum atomic E-state index is 12.4. The predicted octanol–water partition coefficient (Wildman–Crippen LogP) is 3.72. The number of aromatic nitrogens is 1. The van der Waals surface area contributed by atoms with E-state index in [4.69, 9.17) is 0 Å². The zero-order valence-corrected chi connectivity index (χ0v) is 14.4. The molecule has 120 valence electrons. The van der Waals surface area contributed by atoms with Gasteiger partial charge in [-0.25, -0.2) is 4.98 Å². The smallest absolute Gasteiger partial charge is 0.226 e. The number of hydrogen-bond acceptors (Lipinski definition) is 3. The van der Waals surface area contributed by atoms with Gasteiger partial charge in [-0.1, -0.05) is 0 Å². The average Bonchev–Trinajstić information content (AvgIpc) is 2.82. The molecule has 3 nitrogen and oxygen atoms in total. The maximum absolute atomic E-state index is 12.4. The number of nitrogens with zero attached hydrogens (tertiary/aromatic N) is 1. The summed E-state index contributed by atoms with van der Waals surface area (Å²) in [6, 6.07) is 0.313. The van der Waals surface area contributed by atoms with Gasteiger partial charge in [0.05, 0.1) is 17.1 Å². The first-order valence-corrected chi connectivity index (χ1v) is 9.61. The molecule has 0 saturated heterocycles. The molecule has 0 radical (unpaired) electrons. The largest absolute Gasteiger partial charge is 0.353 e. The molecule has 1 unspecified atom stereocenters. The normalized spacial score (nSPS) is 37.3. The van der Waals surface area contributed by atoms with Crippen molar-refractivity contribution in [2.75, 3.05) is 0 Å². The van der Waals surface area contributed by atoms with Gasteiger partial charge < -0.3 is 5.32 Å². The van der Waals surface area contributed by atoms with Crippen LogP contribution in [0.3, 0.4) is 0 Å². The fraction of sp³-hybridized carbons (Fsp3) is 0.778. The molecule has 0 spiro atoms. The lowest BCUT2D eigenvalue weighted by Crippen LogP contribution is -2.56. The van der Waals surface area contributed by atoms with Crippen LogP contribution in [0.2, 0.25) is 0 Å². The second kappa shape index (κ2) is 5.33. The summed E-state index contributed by atoms with van der Waals surface area (Å²) < 4.78 is 0. The molecule has 1 amide bonds. The Kier molecular flexibility index (Phi) is 3.55. The molecule has 4 aliphatic carbocycles. The Bertz CT molecular complexity index is 544. The zero-order chi connectivity index (χ0) is 15.3. The first-order valence-electron chi connectivity index (χ1n) is 8.73. The van der Waals surface area contributed by atoms with Gasteiger partial charge in [0.2, 0.25) is 5.91 Å². The van der Waals surface area contributed by atoms with Crippen LogP contribution >= 0.6 is 11.3 Å². The summed E-state index contributed by atoms with van der Waals surface area (Å²) in [4.78, 5) is 16.8. The lowest BCUT2D eigenvalue weighted by Gasteiger charge is -2.59. The van der Waals surface area contributed by atoms with E-state index in [-0.39, 0.29) is 5.91 Å². The van der Waals surface area contributed by atoms with Crippen LogP contribution in [0.25, 0.3) is 0 Å². The number of amides is 1. The van der Waals surface area contributed by atoms with Gasteiger partial charge >= 0.3 is 0 Å². The number of rotatable bonds is 4. The topological polar surface area (TPSA) is 42.0 Å². The number of thiazole rings is 1. The van der Waals surface area contributed by atoms with E-state index in [1.807, 2.05) is 12.3 Å². The molecule has 1 N–H and O–H groups in total. The Balaban J connectivity index is 1.41. The van der Waals surface area contributed by atoms with Gasteiger partial charge in [-0.2, -0.15) is 0 Å². The Hall–Kier alpha value is -0.900. The number of carbonyl (C=O) groups is 1. The number of nitrogens with one attached hydrogen (secondary N) is 1. The van der Waals surface area contributed by atoms with E-state index in [1.165, 1.54) is 38.5 Å². The van der Waals surface area contributed by atoms with E-state index >= 15 is 0 Å². The van der Waals surface area contributed by atoms with Crippen molar-refractivity contribution in [2.45, 2.75) is 64.8 Å². The first-order chi connectivity index (χ1) is 10.5. The molecule has 1 aromatic heterocycles. The van der Waals surface area contributed by atoms with Gasteiger partial charge in [0.1, 0.15) is 0 Å². The highest BCUT2D eigenvalue weighted by molar-refractivity contribution is 7.09. The maximum Gasteiger partial charge on any atom is 0.226 e. The quantitative estimate of drug-likeness (QED) is 0.919. The number of hydrogen-bond donors (Lipinski definition) is 1. The van der Waals surface area contributed by atoms with E-state index in [9.17, 15) is 4.79 Å². The molecular formula is C18H26N2OS. The molecule has 4 aliphatic rings. The van der Waals surface area contributed by atoms with Crippen molar-refractivity contribution in [3.63, 3.8) is 0 Å². The summed E-state index contributed by atoms with van der Waals surface area (Å²) in [6.07, 6.45) is 8.83. The molecular weight excluding hydrogens is 292 g/mol. The van der Waals surface area contributed by atoms with Gasteiger partial charge in [0.25, 0.3) is 0 Å². The van der Waals surface area contributed by atoms with Gasteiger partial charge in [-0.05, 0) is 75.5 Å². The highest BCUT2D eigenvalue weighted by Crippen LogP contribution is 2.61. The van der Waals surface area contributed by atoms with Crippen LogP contribution in [0.5, 0.6) is 0 Å². The van der Waals surface area contributed by atoms with Crippen LogP contribution in [0, 0.1) is 30.1 Å². The van der Waals surface area contributed by atoms with Gasteiger partial charge in [-0.15, -0.1) is 11.3 Å². The number of carbonyl (C=O) groups excluding carboxylic acids is 1. The minimum absolute atomic E-state index is 0.147. The summed E-state index contributed by atoms with van der Waals surface area (Å²) in [5.74, 6) is 2.96. The van der Waals surface area contributed by atoms with Crippen molar-refractivity contribution in [1.29, 1.82) is 0 Å². The second-order valence-electron chi connectivity index (χ2n) is 8.10. The van der Waals surface area contributed by atoms with Crippen LogP contribution in [0.4, 0.5) is 0 Å². The standard InChI is InChI=1S/C18H26N2OS/c1-11(19-17(21)6-16-10-22-12(2)20-16)18-7-13-3-14(8-18)5-15(4-13)9-18/h10-11,13-15H,3-9H2,1-2H3,(H,19,21). The molecule has 4 fully saturated rings. The number of aryl methyl sites for hydroxylation is 1. The molecule has 1 atom stereocenters. The van der Waals surface area contributed by atoms with Crippen LogP contribution in [-0.4, -0.2) is 16.9 Å². The third kappa shape index (κ3) is 2.60. The Morgan fingerprint density at radius 2 is 1.91 bits per heavy atom. The third-order valence-electron chi connectivity index (χ3n) is 6.39. The predicted molar refractivity (Wildman–Crippen MR) is 88.8 cm³/mol. The van der Waals surface area contributed by atoms with Crippen LogP contribution in [0.15, 0.2) is 5.38 Å². The Morgan fingerprint density at radius 3 is 2.41 bits per heavy atom. The highest BCUT2D eigenvalue weighted by Gasteiger charge is 2.53. The summed E-state index contributed by atoms with van der Waals surface area (Å²) in [6.45, 7) is 4.24. The van der Waals surface area contributed by atoms with Crippen LogP contribution in [0.1, 0.15) is 56.2 Å². The van der Waals surface area contributed by atoms with E-state index < -0.39 is 0 Å². The van der Waals surface area contributed by atoms with Gasteiger partial charge in [0, 0.05) is 11.4 Å². The van der Waals surface area contributed by atoms with Crippen LogP contribution in [-0.2, 0) is 11.2 Å². The van der Waals surface area contributed by atoms with Crippen molar-refractivity contribution < 1.29 is 4.79 Å². The molecule has 4 heteroatoms. The fourth-order valence-electron chi connectivity index (χ4n) is 5.81. The van der Waals surface area contributed by atoms with E-state index in [0.29, 0.717) is 17.9 Å². The van der Waals surface area contributed by atoms with Crippen molar-refractivity contribution in [2.24, 2.45) is 23.2 Å². The minimum Gasteiger partial charge on any atom is -0.353 e. The lowest BCUT2D eigenvalue weighted by molar-refractivity contribution is -0.125. The first kappa shape index (κ1) is 14.7. The monoisotopic (exact) mass is 318 g/mol. The molecule has 0 aromatic carbocycles.